The average Bonchev–Trinajstić information content (AvgIpc) is 2.43. The number of halogens is 2. The molecule has 0 aromatic carbocycles. The van der Waals surface area contributed by atoms with Gasteiger partial charge >= 0.3 is 0 Å². The van der Waals surface area contributed by atoms with Gasteiger partial charge in [0.05, 0.1) is 22.3 Å². The number of hydrogen-bond donors (Lipinski definition) is 0. The number of pyridine rings is 1. The van der Waals surface area contributed by atoms with Crippen molar-refractivity contribution in [3.05, 3.63) is 34.7 Å². The molecule has 2 heterocycles. The molecule has 2 aromatic rings. The summed E-state index contributed by atoms with van der Waals surface area (Å²) in [5.41, 5.74) is 2.71. The topological polar surface area (TPSA) is 17.3 Å². The van der Waals surface area contributed by atoms with Crippen molar-refractivity contribution in [1.82, 2.24) is 9.38 Å². The molecule has 0 atom stereocenters. The van der Waals surface area contributed by atoms with E-state index in [4.69, 9.17) is 23.2 Å². The molecule has 0 bridgehead atoms. The van der Waals surface area contributed by atoms with E-state index in [2.05, 4.69) is 4.98 Å². The summed E-state index contributed by atoms with van der Waals surface area (Å²) in [6.45, 7) is 1.93. The maximum absolute atomic E-state index is 5.97. The van der Waals surface area contributed by atoms with E-state index in [1.807, 2.05) is 29.7 Å². The van der Waals surface area contributed by atoms with Crippen molar-refractivity contribution < 1.29 is 0 Å². The average molecular weight is 215 g/mol. The maximum atomic E-state index is 5.97. The third kappa shape index (κ3) is 1.30. The van der Waals surface area contributed by atoms with Crippen LogP contribution in [0.5, 0.6) is 0 Å². The van der Waals surface area contributed by atoms with E-state index in [1.54, 1.807) is 0 Å². The lowest BCUT2D eigenvalue weighted by atomic mass is 10.4. The van der Waals surface area contributed by atoms with E-state index in [0.29, 0.717) is 10.9 Å². The molecule has 68 valence electrons. The fourth-order valence-corrected chi connectivity index (χ4v) is 1.89. The minimum atomic E-state index is 0.452. The third-order valence-electron chi connectivity index (χ3n) is 2.03. The van der Waals surface area contributed by atoms with E-state index in [-0.39, 0.29) is 0 Å². The molecular weight excluding hydrogens is 207 g/mol. The molecule has 0 aliphatic heterocycles. The summed E-state index contributed by atoms with van der Waals surface area (Å²) in [4.78, 5) is 4.33. The smallest absolute Gasteiger partial charge is 0.156 e. The summed E-state index contributed by atoms with van der Waals surface area (Å²) < 4.78 is 1.92. The summed E-state index contributed by atoms with van der Waals surface area (Å²) >= 11 is 11.8. The fourth-order valence-electron chi connectivity index (χ4n) is 1.36. The van der Waals surface area contributed by atoms with Crippen LogP contribution in [-0.2, 0) is 5.88 Å². The summed E-state index contributed by atoms with van der Waals surface area (Å²) in [5.74, 6) is 0.452. The first-order valence-electron chi connectivity index (χ1n) is 3.92. The molecule has 4 heteroatoms. The standard InChI is InChI=1S/C9H8Cl2N2/c1-6-8(5-10)13-4-2-3-7(11)9(13)12-6/h2-4H,5H2,1H3. The van der Waals surface area contributed by atoms with Crippen LogP contribution < -0.4 is 0 Å². The van der Waals surface area contributed by atoms with Gasteiger partial charge in [0, 0.05) is 6.20 Å². The third-order valence-corrected chi connectivity index (χ3v) is 2.58. The second-order valence-electron chi connectivity index (χ2n) is 2.83. The van der Waals surface area contributed by atoms with E-state index in [9.17, 15) is 0 Å². The fraction of sp³-hybridized carbons (Fsp3) is 0.222. The highest BCUT2D eigenvalue weighted by atomic mass is 35.5. The zero-order valence-corrected chi connectivity index (χ0v) is 8.60. The van der Waals surface area contributed by atoms with E-state index in [1.165, 1.54) is 0 Å². The van der Waals surface area contributed by atoms with Crippen molar-refractivity contribution in [3.63, 3.8) is 0 Å². The van der Waals surface area contributed by atoms with Gasteiger partial charge in [-0.25, -0.2) is 4.98 Å². The van der Waals surface area contributed by atoms with Gasteiger partial charge in [-0.3, -0.25) is 0 Å². The largest absolute Gasteiger partial charge is 0.301 e. The van der Waals surface area contributed by atoms with Gasteiger partial charge in [-0.15, -0.1) is 11.6 Å². The Bertz CT molecular complexity index is 448. The second kappa shape index (κ2) is 3.20. The van der Waals surface area contributed by atoms with Crippen LogP contribution in [0.1, 0.15) is 11.4 Å². The van der Waals surface area contributed by atoms with Crippen LogP contribution >= 0.6 is 23.2 Å². The molecular formula is C9H8Cl2N2. The number of aromatic nitrogens is 2. The SMILES string of the molecule is Cc1nc2c(Cl)cccn2c1CCl. The molecule has 13 heavy (non-hydrogen) atoms. The normalized spacial score (nSPS) is 11.0. The number of rotatable bonds is 1. The van der Waals surface area contributed by atoms with E-state index in [0.717, 1.165) is 17.0 Å². The van der Waals surface area contributed by atoms with Gasteiger partial charge in [0.25, 0.3) is 0 Å². The van der Waals surface area contributed by atoms with Crippen LogP contribution in [0, 0.1) is 6.92 Å². The highest BCUT2D eigenvalue weighted by molar-refractivity contribution is 6.33. The molecule has 0 radical (unpaired) electrons. The van der Waals surface area contributed by atoms with E-state index < -0.39 is 0 Å². The Morgan fingerprint density at radius 1 is 1.54 bits per heavy atom. The molecule has 0 amide bonds. The van der Waals surface area contributed by atoms with Gasteiger partial charge in [0.15, 0.2) is 5.65 Å². The predicted molar refractivity (Wildman–Crippen MR) is 54.5 cm³/mol. The van der Waals surface area contributed by atoms with Gasteiger partial charge in [-0.1, -0.05) is 11.6 Å². The molecule has 0 unspecified atom stereocenters. The molecule has 2 nitrogen and oxygen atoms in total. The molecule has 2 rings (SSSR count). The van der Waals surface area contributed by atoms with Crippen LogP contribution in [0.4, 0.5) is 0 Å². The van der Waals surface area contributed by atoms with Crippen LogP contribution in [-0.4, -0.2) is 9.38 Å². The van der Waals surface area contributed by atoms with E-state index >= 15 is 0 Å². The molecule has 0 fully saturated rings. The Morgan fingerprint density at radius 3 is 3.00 bits per heavy atom. The number of imidazole rings is 1. The zero-order valence-electron chi connectivity index (χ0n) is 7.09. The van der Waals surface area contributed by atoms with Crippen LogP contribution in [0.2, 0.25) is 5.02 Å². The first-order valence-corrected chi connectivity index (χ1v) is 4.83. The lowest BCUT2D eigenvalue weighted by molar-refractivity contribution is 1.07. The van der Waals surface area contributed by atoms with Crippen molar-refractivity contribution in [3.8, 4) is 0 Å². The lowest BCUT2D eigenvalue weighted by Gasteiger charge is -1.97. The Hall–Kier alpha value is -0.730. The molecule has 0 N–H and O–H groups in total. The first kappa shape index (κ1) is 8.85. The van der Waals surface area contributed by atoms with Crippen LogP contribution in [0.3, 0.4) is 0 Å². The van der Waals surface area contributed by atoms with Gasteiger partial charge < -0.3 is 4.40 Å². The van der Waals surface area contributed by atoms with Crippen LogP contribution in [0.25, 0.3) is 5.65 Å². The minimum Gasteiger partial charge on any atom is -0.301 e. The lowest BCUT2D eigenvalue weighted by Crippen LogP contribution is -1.90. The summed E-state index contributed by atoms with van der Waals surface area (Å²) in [5, 5.41) is 0.655. The Morgan fingerprint density at radius 2 is 2.31 bits per heavy atom. The number of fused-ring (bicyclic) bond motifs is 1. The van der Waals surface area contributed by atoms with Crippen LogP contribution in [0.15, 0.2) is 18.3 Å². The summed E-state index contributed by atoms with van der Waals surface area (Å²) in [6, 6.07) is 3.70. The Balaban J connectivity index is 2.86. The molecule has 0 saturated heterocycles. The molecule has 0 saturated carbocycles. The second-order valence-corrected chi connectivity index (χ2v) is 3.50. The molecule has 0 aliphatic carbocycles. The zero-order chi connectivity index (χ0) is 9.42. The molecule has 2 aromatic heterocycles. The van der Waals surface area contributed by atoms with Crippen molar-refractivity contribution in [2.45, 2.75) is 12.8 Å². The highest BCUT2D eigenvalue weighted by Gasteiger charge is 2.08. The number of hydrogen-bond acceptors (Lipinski definition) is 1. The Kier molecular flexibility index (Phi) is 2.18. The summed E-state index contributed by atoms with van der Waals surface area (Å²) in [6.07, 6.45) is 1.92. The molecule has 0 spiro atoms. The predicted octanol–water partition coefficient (Wildman–Crippen LogP) is 3.03. The van der Waals surface area contributed by atoms with Gasteiger partial charge in [-0.05, 0) is 19.1 Å². The summed E-state index contributed by atoms with van der Waals surface area (Å²) in [7, 11) is 0. The van der Waals surface area contributed by atoms with Gasteiger partial charge in [-0.2, -0.15) is 0 Å². The van der Waals surface area contributed by atoms with Gasteiger partial charge in [0.1, 0.15) is 0 Å². The molecule has 0 aliphatic rings. The van der Waals surface area contributed by atoms with Crippen molar-refractivity contribution in [2.24, 2.45) is 0 Å². The minimum absolute atomic E-state index is 0.452. The van der Waals surface area contributed by atoms with Crippen molar-refractivity contribution in [2.75, 3.05) is 0 Å². The number of alkyl halides is 1. The van der Waals surface area contributed by atoms with Crippen molar-refractivity contribution >= 4 is 28.8 Å². The quantitative estimate of drug-likeness (QED) is 0.668. The first-order chi connectivity index (χ1) is 6.24. The Labute approximate surface area is 86.1 Å². The number of nitrogens with zero attached hydrogens (tertiary/aromatic N) is 2. The van der Waals surface area contributed by atoms with Crippen molar-refractivity contribution in [1.29, 1.82) is 0 Å². The van der Waals surface area contributed by atoms with Gasteiger partial charge in [0.2, 0.25) is 0 Å². The highest BCUT2D eigenvalue weighted by Crippen LogP contribution is 2.20. The monoisotopic (exact) mass is 214 g/mol. The maximum Gasteiger partial charge on any atom is 0.156 e. The number of aryl methyl sites for hydroxylation is 1.